The number of hydrogen-bond donors (Lipinski definition) is 3. The Morgan fingerprint density at radius 1 is 1.28 bits per heavy atom. The summed E-state index contributed by atoms with van der Waals surface area (Å²) < 4.78 is 5.83. The maximum Gasteiger partial charge on any atom is 0.191 e. The summed E-state index contributed by atoms with van der Waals surface area (Å²) in [5, 5.41) is 16.6. The first-order chi connectivity index (χ1) is 12.1. The van der Waals surface area contributed by atoms with Gasteiger partial charge >= 0.3 is 0 Å². The van der Waals surface area contributed by atoms with Crippen LogP contribution in [0.25, 0.3) is 0 Å². The highest BCUT2D eigenvalue weighted by atomic mass is 35.5. The Morgan fingerprint density at radius 2 is 2.08 bits per heavy atom. The lowest BCUT2D eigenvalue weighted by Gasteiger charge is -2.14. The van der Waals surface area contributed by atoms with E-state index in [0.717, 1.165) is 22.5 Å². The summed E-state index contributed by atoms with van der Waals surface area (Å²) >= 11 is 7.29. The molecule has 0 aliphatic heterocycles. The van der Waals surface area contributed by atoms with Crippen LogP contribution in [-0.2, 0) is 17.9 Å². The van der Waals surface area contributed by atoms with Crippen LogP contribution in [0.5, 0.6) is 0 Å². The van der Waals surface area contributed by atoms with Gasteiger partial charge in [0.05, 0.1) is 17.5 Å². The highest BCUT2D eigenvalue weighted by Gasteiger charge is 2.11. The Labute approximate surface area is 157 Å². The third kappa shape index (κ3) is 6.66. The number of guanidine groups is 1. The highest BCUT2D eigenvalue weighted by Crippen LogP contribution is 2.26. The smallest absolute Gasteiger partial charge is 0.191 e. The molecule has 0 aliphatic rings. The molecule has 1 aromatic heterocycles. The summed E-state index contributed by atoms with van der Waals surface area (Å²) in [6.07, 6.45) is -0.619. The Hall–Kier alpha value is -1.60. The molecule has 0 radical (unpaired) electrons. The van der Waals surface area contributed by atoms with Crippen molar-refractivity contribution in [1.29, 1.82) is 0 Å². The van der Waals surface area contributed by atoms with Crippen LogP contribution in [0, 0.1) is 0 Å². The van der Waals surface area contributed by atoms with E-state index in [4.69, 9.17) is 16.3 Å². The zero-order chi connectivity index (χ0) is 18.1. The summed E-state index contributed by atoms with van der Waals surface area (Å²) in [6, 6.07) is 11.8. The number of hydrogen-bond acceptors (Lipinski definition) is 4. The Morgan fingerprint density at radius 3 is 2.76 bits per heavy atom. The van der Waals surface area contributed by atoms with Crippen molar-refractivity contribution in [2.45, 2.75) is 26.2 Å². The maximum atomic E-state index is 10.2. The van der Waals surface area contributed by atoms with Crippen molar-refractivity contribution < 1.29 is 9.84 Å². The third-order valence-electron chi connectivity index (χ3n) is 3.45. The molecule has 1 unspecified atom stereocenters. The van der Waals surface area contributed by atoms with Crippen LogP contribution in [0.15, 0.2) is 41.4 Å². The van der Waals surface area contributed by atoms with Gasteiger partial charge in [0, 0.05) is 25.1 Å². The van der Waals surface area contributed by atoms with Gasteiger partial charge in [-0.3, -0.25) is 0 Å². The van der Waals surface area contributed by atoms with Gasteiger partial charge in [-0.1, -0.05) is 35.9 Å². The lowest BCUT2D eigenvalue weighted by atomic mass is 10.1. The van der Waals surface area contributed by atoms with Crippen molar-refractivity contribution >= 4 is 28.9 Å². The summed E-state index contributed by atoms with van der Waals surface area (Å²) in [6.45, 7) is 4.26. The van der Waals surface area contributed by atoms with Crippen molar-refractivity contribution in [2.75, 3.05) is 20.2 Å². The number of ether oxygens (including phenoxy) is 1. The number of rotatable bonds is 8. The number of thiophene rings is 1. The average Bonchev–Trinajstić information content (AvgIpc) is 3.04. The fraction of sp³-hybridized carbons (Fsp3) is 0.389. The molecule has 5 nitrogen and oxygen atoms in total. The van der Waals surface area contributed by atoms with E-state index in [1.54, 1.807) is 13.2 Å². The molecule has 0 saturated carbocycles. The standard InChI is InChI=1S/C18H24ClN3O2S/c1-3-20-18(22-11-15(23)16-7-8-17(19)25-16)21-10-13-5-4-6-14(9-13)12-24-2/h4-9,15,23H,3,10-12H2,1-2H3,(H2,20,21,22). The first-order valence-electron chi connectivity index (χ1n) is 8.14. The van der Waals surface area contributed by atoms with E-state index in [0.29, 0.717) is 30.0 Å². The fourth-order valence-electron chi connectivity index (χ4n) is 2.30. The summed E-state index contributed by atoms with van der Waals surface area (Å²) in [7, 11) is 1.68. The third-order valence-corrected chi connectivity index (χ3v) is 4.78. The van der Waals surface area contributed by atoms with Crippen LogP contribution in [-0.4, -0.2) is 31.3 Å². The number of nitrogens with one attached hydrogen (secondary N) is 2. The second-order valence-electron chi connectivity index (χ2n) is 5.49. The topological polar surface area (TPSA) is 65.9 Å². The van der Waals surface area contributed by atoms with E-state index < -0.39 is 6.10 Å². The molecule has 25 heavy (non-hydrogen) atoms. The van der Waals surface area contributed by atoms with Gasteiger partial charge in [0.25, 0.3) is 0 Å². The molecule has 0 fully saturated rings. The van der Waals surface area contributed by atoms with E-state index in [1.807, 2.05) is 31.2 Å². The molecule has 0 spiro atoms. The largest absolute Gasteiger partial charge is 0.386 e. The molecule has 1 heterocycles. The Bertz CT molecular complexity index is 690. The number of methoxy groups -OCH3 is 1. The van der Waals surface area contributed by atoms with Crippen LogP contribution in [0.3, 0.4) is 0 Å². The molecule has 0 saturated heterocycles. The van der Waals surface area contributed by atoms with Gasteiger partial charge in [0.2, 0.25) is 0 Å². The van der Waals surface area contributed by atoms with E-state index in [9.17, 15) is 5.11 Å². The summed E-state index contributed by atoms with van der Waals surface area (Å²) in [5.41, 5.74) is 2.23. The van der Waals surface area contributed by atoms with E-state index in [1.165, 1.54) is 11.3 Å². The van der Waals surface area contributed by atoms with Gasteiger partial charge in [-0.2, -0.15) is 0 Å². The quantitative estimate of drug-likeness (QED) is 0.484. The second kappa shape index (κ2) is 10.4. The van der Waals surface area contributed by atoms with E-state index in [-0.39, 0.29) is 0 Å². The molecule has 1 aromatic carbocycles. The molecule has 1 atom stereocenters. The van der Waals surface area contributed by atoms with Gasteiger partial charge in [0.15, 0.2) is 5.96 Å². The fourth-order valence-corrected chi connectivity index (χ4v) is 3.34. The molecule has 136 valence electrons. The normalized spacial score (nSPS) is 12.9. The number of aliphatic imine (C=N–C) groups is 1. The molecule has 0 aliphatic carbocycles. The lowest BCUT2D eigenvalue weighted by Crippen LogP contribution is -2.39. The molecule has 2 aromatic rings. The molecule has 2 rings (SSSR count). The van der Waals surface area contributed by atoms with Crippen molar-refractivity contribution in [3.05, 3.63) is 56.7 Å². The van der Waals surface area contributed by atoms with Crippen molar-refractivity contribution in [3.63, 3.8) is 0 Å². The molecule has 0 amide bonds. The van der Waals surface area contributed by atoms with Gasteiger partial charge < -0.3 is 20.5 Å². The van der Waals surface area contributed by atoms with Crippen LogP contribution >= 0.6 is 22.9 Å². The second-order valence-corrected chi connectivity index (χ2v) is 7.23. The SMILES string of the molecule is CCNC(=NCc1cccc(COC)c1)NCC(O)c1ccc(Cl)s1. The minimum atomic E-state index is -0.619. The number of aliphatic hydroxyl groups excluding tert-OH is 1. The predicted octanol–water partition coefficient (Wildman–Crippen LogP) is 3.34. The van der Waals surface area contributed by atoms with Crippen LogP contribution in [0.4, 0.5) is 0 Å². The minimum absolute atomic E-state index is 0.367. The molecule has 0 bridgehead atoms. The van der Waals surface area contributed by atoms with E-state index >= 15 is 0 Å². The highest BCUT2D eigenvalue weighted by molar-refractivity contribution is 7.16. The van der Waals surface area contributed by atoms with Gasteiger partial charge in [-0.25, -0.2) is 4.99 Å². The molecule has 3 N–H and O–H groups in total. The van der Waals surface area contributed by atoms with Crippen LogP contribution < -0.4 is 10.6 Å². The first kappa shape index (κ1) is 19.7. The van der Waals surface area contributed by atoms with Crippen LogP contribution in [0.1, 0.15) is 29.0 Å². The van der Waals surface area contributed by atoms with Crippen molar-refractivity contribution in [3.8, 4) is 0 Å². The molecular weight excluding hydrogens is 358 g/mol. The maximum absolute atomic E-state index is 10.2. The van der Waals surface area contributed by atoms with Gasteiger partial charge in [-0.05, 0) is 30.2 Å². The number of aliphatic hydroxyl groups is 1. The number of nitrogens with zero attached hydrogens (tertiary/aromatic N) is 1. The first-order valence-corrected chi connectivity index (χ1v) is 9.34. The zero-order valence-corrected chi connectivity index (χ0v) is 16.0. The minimum Gasteiger partial charge on any atom is -0.386 e. The lowest BCUT2D eigenvalue weighted by molar-refractivity contribution is 0.184. The summed E-state index contributed by atoms with van der Waals surface area (Å²) in [4.78, 5) is 5.41. The number of halogens is 1. The Kier molecular flexibility index (Phi) is 8.21. The van der Waals surface area contributed by atoms with Gasteiger partial charge in [-0.15, -0.1) is 11.3 Å². The van der Waals surface area contributed by atoms with Gasteiger partial charge in [0.1, 0.15) is 6.10 Å². The van der Waals surface area contributed by atoms with Crippen molar-refractivity contribution in [2.24, 2.45) is 4.99 Å². The van der Waals surface area contributed by atoms with Crippen molar-refractivity contribution in [1.82, 2.24) is 10.6 Å². The number of benzene rings is 1. The van der Waals surface area contributed by atoms with E-state index in [2.05, 4.69) is 21.7 Å². The molecular formula is C18H24ClN3O2S. The zero-order valence-electron chi connectivity index (χ0n) is 14.5. The summed E-state index contributed by atoms with van der Waals surface area (Å²) in [5.74, 6) is 0.668. The van der Waals surface area contributed by atoms with Crippen LogP contribution in [0.2, 0.25) is 4.34 Å². The molecule has 7 heteroatoms. The predicted molar refractivity (Wildman–Crippen MR) is 104 cm³/mol. The monoisotopic (exact) mass is 381 g/mol. The average molecular weight is 382 g/mol. The Balaban J connectivity index is 1.94.